The van der Waals surface area contributed by atoms with Gasteiger partial charge in [-0.1, -0.05) is 6.07 Å². The van der Waals surface area contributed by atoms with Crippen LogP contribution in [0.25, 0.3) is 0 Å². The first-order valence-electron chi connectivity index (χ1n) is 7.58. The normalized spacial score (nSPS) is 18.2. The maximum atomic E-state index is 12.1. The minimum Gasteiger partial charge on any atom is -0.492 e. The fourth-order valence-electron chi connectivity index (χ4n) is 2.43. The molecule has 1 atom stereocenters. The third kappa shape index (κ3) is 5.36. The molecule has 3 N–H and O–H groups in total. The molecule has 1 aromatic rings. The third-order valence-electron chi connectivity index (χ3n) is 3.58. The van der Waals surface area contributed by atoms with Gasteiger partial charge in [0.25, 0.3) is 5.91 Å². The zero-order valence-corrected chi connectivity index (χ0v) is 12.3. The van der Waals surface area contributed by atoms with Crippen molar-refractivity contribution in [2.24, 2.45) is 11.7 Å². The van der Waals surface area contributed by atoms with Crippen molar-refractivity contribution in [2.75, 3.05) is 32.9 Å². The first kappa shape index (κ1) is 15.8. The average molecular weight is 292 g/mol. The Bertz CT molecular complexity index is 445. The molecule has 1 fully saturated rings. The van der Waals surface area contributed by atoms with Gasteiger partial charge >= 0.3 is 0 Å². The maximum absolute atomic E-state index is 12.1. The number of nitrogens with one attached hydrogen (secondary N) is 1. The molecule has 116 valence electrons. The summed E-state index contributed by atoms with van der Waals surface area (Å²) < 4.78 is 10.9. The van der Waals surface area contributed by atoms with Crippen LogP contribution in [-0.2, 0) is 4.74 Å². The Morgan fingerprint density at radius 2 is 2.38 bits per heavy atom. The number of hydrogen-bond donors (Lipinski definition) is 2. The number of hydrogen-bond acceptors (Lipinski definition) is 4. The van der Waals surface area contributed by atoms with Crippen LogP contribution in [0.15, 0.2) is 24.3 Å². The molecule has 1 aliphatic rings. The maximum Gasteiger partial charge on any atom is 0.251 e. The van der Waals surface area contributed by atoms with Crippen LogP contribution in [0.3, 0.4) is 0 Å². The van der Waals surface area contributed by atoms with Crippen LogP contribution in [0.2, 0.25) is 0 Å². The number of carbonyl (C=O) groups is 1. The molecular formula is C16H24N2O3. The lowest BCUT2D eigenvalue weighted by Gasteiger charge is -2.21. The van der Waals surface area contributed by atoms with Crippen molar-refractivity contribution in [2.45, 2.75) is 19.3 Å². The monoisotopic (exact) mass is 292 g/mol. The van der Waals surface area contributed by atoms with E-state index < -0.39 is 0 Å². The van der Waals surface area contributed by atoms with Crippen LogP contribution in [0.1, 0.15) is 29.6 Å². The van der Waals surface area contributed by atoms with Crippen molar-refractivity contribution in [1.29, 1.82) is 0 Å². The van der Waals surface area contributed by atoms with E-state index in [0.29, 0.717) is 36.9 Å². The van der Waals surface area contributed by atoms with Gasteiger partial charge in [0.05, 0.1) is 0 Å². The van der Waals surface area contributed by atoms with Gasteiger partial charge in [-0.15, -0.1) is 0 Å². The highest BCUT2D eigenvalue weighted by atomic mass is 16.5. The van der Waals surface area contributed by atoms with E-state index in [2.05, 4.69) is 5.32 Å². The molecule has 5 heteroatoms. The van der Waals surface area contributed by atoms with Crippen LogP contribution in [-0.4, -0.2) is 38.8 Å². The molecule has 1 heterocycles. The van der Waals surface area contributed by atoms with Gasteiger partial charge in [-0.3, -0.25) is 4.79 Å². The first-order chi connectivity index (χ1) is 10.3. The molecule has 0 spiro atoms. The summed E-state index contributed by atoms with van der Waals surface area (Å²) in [5.41, 5.74) is 6.01. The summed E-state index contributed by atoms with van der Waals surface area (Å²) >= 11 is 0. The Balaban J connectivity index is 1.76. The summed E-state index contributed by atoms with van der Waals surface area (Å²) in [4.78, 5) is 12.1. The SMILES string of the molecule is NCCOc1cccc(C(=O)NCCC2CCCOC2)c1. The van der Waals surface area contributed by atoms with Crippen LogP contribution in [0, 0.1) is 5.92 Å². The zero-order chi connectivity index (χ0) is 14.9. The first-order valence-corrected chi connectivity index (χ1v) is 7.58. The highest BCUT2D eigenvalue weighted by Crippen LogP contribution is 2.17. The summed E-state index contributed by atoms with van der Waals surface area (Å²) in [6.45, 7) is 3.28. The van der Waals surface area contributed by atoms with Gasteiger partial charge in [-0.05, 0) is 43.4 Å². The van der Waals surface area contributed by atoms with Gasteiger partial charge in [-0.25, -0.2) is 0 Å². The molecule has 1 aromatic carbocycles. The van der Waals surface area contributed by atoms with Gasteiger partial charge in [-0.2, -0.15) is 0 Å². The largest absolute Gasteiger partial charge is 0.492 e. The van der Waals surface area contributed by atoms with Crippen molar-refractivity contribution in [1.82, 2.24) is 5.32 Å². The summed E-state index contributed by atoms with van der Waals surface area (Å²) in [6, 6.07) is 7.17. The summed E-state index contributed by atoms with van der Waals surface area (Å²) in [6.07, 6.45) is 3.28. The molecule has 5 nitrogen and oxygen atoms in total. The fraction of sp³-hybridized carbons (Fsp3) is 0.562. The topological polar surface area (TPSA) is 73.6 Å². The molecule has 1 saturated heterocycles. The van der Waals surface area contributed by atoms with Crippen molar-refractivity contribution in [3.8, 4) is 5.75 Å². The van der Waals surface area contributed by atoms with E-state index in [-0.39, 0.29) is 5.91 Å². The molecule has 0 saturated carbocycles. The van der Waals surface area contributed by atoms with Gasteiger partial charge in [0.15, 0.2) is 0 Å². The lowest BCUT2D eigenvalue weighted by molar-refractivity contribution is 0.0514. The minimum atomic E-state index is -0.0649. The predicted molar refractivity (Wildman–Crippen MR) is 81.5 cm³/mol. The van der Waals surface area contributed by atoms with Crippen molar-refractivity contribution in [3.05, 3.63) is 29.8 Å². The number of nitrogens with two attached hydrogens (primary N) is 1. The average Bonchev–Trinajstić information content (AvgIpc) is 2.54. The number of rotatable bonds is 7. The Morgan fingerprint density at radius 3 is 3.14 bits per heavy atom. The second-order valence-electron chi connectivity index (χ2n) is 5.29. The molecular weight excluding hydrogens is 268 g/mol. The fourth-order valence-corrected chi connectivity index (χ4v) is 2.43. The van der Waals surface area contributed by atoms with Crippen LogP contribution in [0.4, 0.5) is 0 Å². The standard InChI is InChI=1S/C16H24N2O3/c17-7-10-21-15-5-1-4-14(11-15)16(19)18-8-6-13-3-2-9-20-12-13/h1,4-5,11,13H,2-3,6-10,12,17H2,(H,18,19). The lowest BCUT2D eigenvalue weighted by Crippen LogP contribution is -2.28. The van der Waals surface area contributed by atoms with Gasteiger partial charge < -0.3 is 20.5 Å². The second kappa shape index (κ2) is 8.64. The Hall–Kier alpha value is -1.59. The number of amides is 1. The molecule has 1 aliphatic heterocycles. The summed E-state index contributed by atoms with van der Waals surface area (Å²) in [5.74, 6) is 1.18. The molecule has 0 aliphatic carbocycles. The summed E-state index contributed by atoms with van der Waals surface area (Å²) in [7, 11) is 0. The molecule has 21 heavy (non-hydrogen) atoms. The van der Waals surface area contributed by atoms with Crippen LogP contribution < -0.4 is 15.8 Å². The number of benzene rings is 1. The zero-order valence-electron chi connectivity index (χ0n) is 12.3. The number of carbonyl (C=O) groups excluding carboxylic acids is 1. The molecule has 0 bridgehead atoms. The van der Waals surface area contributed by atoms with E-state index in [1.54, 1.807) is 12.1 Å². The molecule has 1 unspecified atom stereocenters. The third-order valence-corrected chi connectivity index (χ3v) is 3.58. The van der Waals surface area contributed by atoms with E-state index in [1.807, 2.05) is 12.1 Å². The quantitative estimate of drug-likeness (QED) is 0.800. The van der Waals surface area contributed by atoms with Crippen molar-refractivity contribution >= 4 is 5.91 Å². The highest BCUT2D eigenvalue weighted by molar-refractivity contribution is 5.94. The Morgan fingerprint density at radius 1 is 1.48 bits per heavy atom. The lowest BCUT2D eigenvalue weighted by atomic mass is 9.99. The molecule has 1 amide bonds. The second-order valence-corrected chi connectivity index (χ2v) is 5.29. The van der Waals surface area contributed by atoms with Gasteiger partial charge in [0.2, 0.25) is 0 Å². The van der Waals surface area contributed by atoms with E-state index in [1.165, 1.54) is 6.42 Å². The highest BCUT2D eigenvalue weighted by Gasteiger charge is 2.14. The van der Waals surface area contributed by atoms with E-state index in [9.17, 15) is 4.79 Å². The van der Waals surface area contributed by atoms with E-state index in [4.69, 9.17) is 15.2 Å². The van der Waals surface area contributed by atoms with Crippen LogP contribution in [0.5, 0.6) is 5.75 Å². The number of ether oxygens (including phenoxy) is 2. The van der Waals surface area contributed by atoms with E-state index >= 15 is 0 Å². The molecule has 2 rings (SSSR count). The van der Waals surface area contributed by atoms with E-state index in [0.717, 1.165) is 26.1 Å². The summed E-state index contributed by atoms with van der Waals surface area (Å²) in [5, 5.41) is 2.95. The van der Waals surface area contributed by atoms with Crippen molar-refractivity contribution in [3.63, 3.8) is 0 Å². The predicted octanol–water partition coefficient (Wildman–Crippen LogP) is 1.57. The van der Waals surface area contributed by atoms with Gasteiger partial charge in [0.1, 0.15) is 12.4 Å². The Kier molecular flexibility index (Phi) is 6.50. The van der Waals surface area contributed by atoms with Crippen molar-refractivity contribution < 1.29 is 14.3 Å². The van der Waals surface area contributed by atoms with Crippen LogP contribution >= 0.6 is 0 Å². The minimum absolute atomic E-state index is 0.0649. The molecule has 0 aromatic heterocycles. The smallest absolute Gasteiger partial charge is 0.251 e. The molecule has 0 radical (unpaired) electrons. The van der Waals surface area contributed by atoms with Gasteiger partial charge in [0, 0.05) is 31.9 Å². The Labute approximate surface area is 125 Å².